The summed E-state index contributed by atoms with van der Waals surface area (Å²) in [6.07, 6.45) is 1.47. The van der Waals surface area contributed by atoms with Gasteiger partial charge < -0.3 is 0 Å². The fourth-order valence-corrected chi connectivity index (χ4v) is 1.88. The van der Waals surface area contributed by atoms with Crippen molar-refractivity contribution in [3.05, 3.63) is 72.8 Å². The van der Waals surface area contributed by atoms with Crippen LogP contribution >= 0.6 is 46.4 Å². The molecule has 27 heavy (non-hydrogen) atoms. The maximum Gasteiger partial charge on any atom is 0.475 e. The van der Waals surface area contributed by atoms with Crippen molar-refractivity contribution >= 4 is 67.9 Å². The minimum absolute atomic E-state index is 0.722. The van der Waals surface area contributed by atoms with Gasteiger partial charge in [0.25, 0.3) is 0 Å². The number of fused-ring (bicyclic) bond motifs is 2. The van der Waals surface area contributed by atoms with Crippen molar-refractivity contribution in [1.82, 2.24) is 0 Å². The molecule has 0 aromatic heterocycles. The summed E-state index contributed by atoms with van der Waals surface area (Å²) in [5.41, 5.74) is -3.31. The Kier molecular flexibility index (Phi) is 17.7. The van der Waals surface area contributed by atoms with E-state index >= 15 is 0 Å². The predicted octanol–water partition coefficient (Wildman–Crippen LogP) is 9.21. The van der Waals surface area contributed by atoms with Crippen LogP contribution in [0.1, 0.15) is 6.92 Å². The van der Waals surface area contributed by atoms with Gasteiger partial charge in [-0.15, -0.1) is 23.2 Å². The first-order valence-corrected chi connectivity index (χ1v) is 9.65. The van der Waals surface area contributed by atoms with Crippen LogP contribution in [-0.2, 0) is 0 Å². The SMILES string of the molecule is C=CCl.CCCl.CCl.FC(F)(F)Cl.c1ccc2cc3ccccc3cc2c1. The Morgan fingerprint density at radius 2 is 1.00 bits per heavy atom. The highest BCUT2D eigenvalue weighted by atomic mass is 35.5. The van der Waals surface area contributed by atoms with Crippen molar-refractivity contribution < 1.29 is 13.2 Å². The molecule has 0 spiro atoms. The maximum atomic E-state index is 10.1. The molecule has 0 atom stereocenters. The van der Waals surface area contributed by atoms with Crippen LogP contribution in [0.2, 0.25) is 0 Å². The lowest BCUT2D eigenvalue weighted by Crippen LogP contribution is -1.89. The molecule has 0 aliphatic heterocycles. The van der Waals surface area contributed by atoms with Crippen molar-refractivity contribution in [2.24, 2.45) is 0 Å². The Balaban J connectivity index is 0. The van der Waals surface area contributed by atoms with E-state index in [1.807, 2.05) is 6.92 Å². The number of rotatable bonds is 0. The molecule has 0 unspecified atom stereocenters. The zero-order chi connectivity index (χ0) is 21.3. The monoisotopic (exact) mass is 458 g/mol. The molecule has 7 heteroatoms. The molecule has 0 fully saturated rings. The summed E-state index contributed by atoms with van der Waals surface area (Å²) in [5.74, 6) is 0.722. The number of halogens is 7. The fourth-order valence-electron chi connectivity index (χ4n) is 1.88. The Bertz CT molecular complexity index is 648. The Morgan fingerprint density at radius 1 is 0.852 bits per heavy atom. The third-order valence-electron chi connectivity index (χ3n) is 2.61. The van der Waals surface area contributed by atoms with Gasteiger partial charge in [0.15, 0.2) is 0 Å². The van der Waals surface area contributed by atoms with Crippen molar-refractivity contribution in [2.75, 3.05) is 12.3 Å². The molecule has 0 aliphatic rings. The molecular weight excluding hydrogens is 439 g/mol. The molecule has 0 radical (unpaired) electrons. The number of hydrogen-bond donors (Lipinski definition) is 0. The van der Waals surface area contributed by atoms with E-state index in [4.69, 9.17) is 23.2 Å². The lowest BCUT2D eigenvalue weighted by Gasteiger charge is -2.00. The van der Waals surface area contributed by atoms with Crippen molar-refractivity contribution in [3.63, 3.8) is 0 Å². The first kappa shape index (κ1) is 28.1. The first-order valence-electron chi connectivity index (χ1n) is 7.54. The smallest absolute Gasteiger partial charge is 0.156 e. The number of benzene rings is 3. The lowest BCUT2D eigenvalue weighted by molar-refractivity contribution is -0.0420. The van der Waals surface area contributed by atoms with E-state index in [1.54, 1.807) is 0 Å². The number of alkyl halides is 6. The first-order chi connectivity index (χ1) is 12.8. The Labute approximate surface area is 178 Å². The summed E-state index contributed by atoms with van der Waals surface area (Å²) in [6.45, 7) is 5.02. The topological polar surface area (TPSA) is 0 Å². The minimum Gasteiger partial charge on any atom is -0.156 e. The van der Waals surface area contributed by atoms with E-state index in [0.29, 0.717) is 0 Å². The molecule has 0 saturated heterocycles. The van der Waals surface area contributed by atoms with E-state index in [2.05, 4.69) is 90.4 Å². The van der Waals surface area contributed by atoms with Crippen molar-refractivity contribution in [1.29, 1.82) is 0 Å². The summed E-state index contributed by atoms with van der Waals surface area (Å²) in [4.78, 5) is 0. The van der Waals surface area contributed by atoms with E-state index < -0.39 is 5.64 Å². The second-order valence-electron chi connectivity index (χ2n) is 4.40. The minimum atomic E-state index is -4.53. The normalized spacial score (nSPS) is 9.22. The second kappa shape index (κ2) is 17.0. The van der Waals surface area contributed by atoms with Gasteiger partial charge in [-0.3, -0.25) is 0 Å². The van der Waals surface area contributed by atoms with Gasteiger partial charge in [0, 0.05) is 12.3 Å². The van der Waals surface area contributed by atoms with Crippen LogP contribution in [0.5, 0.6) is 0 Å². The third kappa shape index (κ3) is 15.6. The molecule has 0 N–H and O–H groups in total. The quantitative estimate of drug-likeness (QED) is 0.232. The molecule has 3 aromatic carbocycles. The molecule has 3 rings (SSSR count). The summed E-state index contributed by atoms with van der Waals surface area (Å²) in [6, 6.07) is 21.4. The van der Waals surface area contributed by atoms with Gasteiger partial charge in [-0.2, -0.15) is 13.2 Å². The summed E-state index contributed by atoms with van der Waals surface area (Å²) >= 11 is 17.9. The van der Waals surface area contributed by atoms with Crippen LogP contribution in [0, 0.1) is 0 Å². The third-order valence-corrected chi connectivity index (χ3v) is 2.61. The number of hydrogen-bond acceptors (Lipinski definition) is 0. The van der Waals surface area contributed by atoms with Gasteiger partial charge in [-0.25, -0.2) is 0 Å². The maximum absolute atomic E-state index is 10.1. The summed E-state index contributed by atoms with van der Waals surface area (Å²) in [7, 11) is 0. The van der Waals surface area contributed by atoms with Gasteiger partial charge in [-0.05, 0) is 50.8 Å². The summed E-state index contributed by atoms with van der Waals surface area (Å²) in [5, 5.41) is 5.25. The van der Waals surface area contributed by atoms with Crippen LogP contribution in [-0.4, -0.2) is 17.9 Å². The molecule has 0 heterocycles. The molecule has 150 valence electrons. The van der Waals surface area contributed by atoms with Crippen molar-refractivity contribution in [2.45, 2.75) is 12.6 Å². The zero-order valence-electron chi connectivity index (χ0n) is 14.9. The van der Waals surface area contributed by atoms with E-state index in [9.17, 15) is 13.2 Å². The van der Waals surface area contributed by atoms with Crippen LogP contribution in [0.15, 0.2) is 72.8 Å². The molecule has 0 nitrogen and oxygen atoms in total. The zero-order valence-corrected chi connectivity index (χ0v) is 17.9. The highest BCUT2D eigenvalue weighted by Crippen LogP contribution is 2.22. The van der Waals surface area contributed by atoms with E-state index in [1.165, 1.54) is 33.5 Å². The molecule has 3 aromatic rings. The van der Waals surface area contributed by atoms with Crippen LogP contribution < -0.4 is 0 Å². The standard InChI is InChI=1S/C14H10.C2H5Cl.C2H3Cl.CClF3.CH3Cl/c1-2-6-12-10-14-8-4-3-7-13(14)9-11(12)5-1;2*1-2-3;2-1(3,4)5;1-2/h1-10H;2H2,1H3;2H,1H2;;1H3. The van der Waals surface area contributed by atoms with Crippen LogP contribution in [0.25, 0.3) is 21.5 Å². The molecule has 0 saturated carbocycles. The van der Waals surface area contributed by atoms with Gasteiger partial charge in [0.05, 0.1) is 0 Å². The Morgan fingerprint density at radius 3 is 1.15 bits per heavy atom. The predicted molar refractivity (Wildman–Crippen MR) is 118 cm³/mol. The van der Waals surface area contributed by atoms with Crippen molar-refractivity contribution in [3.8, 4) is 0 Å². The molecule has 0 bridgehead atoms. The highest BCUT2D eigenvalue weighted by Gasteiger charge is 2.20. The molecule has 0 amide bonds. The molecular formula is C20H21Cl4F3. The Hall–Kier alpha value is -1.13. The highest BCUT2D eigenvalue weighted by molar-refractivity contribution is 6.25. The second-order valence-corrected chi connectivity index (χ2v) is 5.67. The van der Waals surface area contributed by atoms with E-state index in [0.717, 1.165) is 5.88 Å². The van der Waals surface area contributed by atoms with E-state index in [-0.39, 0.29) is 0 Å². The van der Waals surface area contributed by atoms with Gasteiger partial charge >= 0.3 is 5.64 Å². The summed E-state index contributed by atoms with van der Waals surface area (Å²) < 4.78 is 30.4. The van der Waals surface area contributed by atoms with Gasteiger partial charge in [0.2, 0.25) is 0 Å². The van der Waals surface area contributed by atoms with Crippen LogP contribution in [0.3, 0.4) is 0 Å². The largest absolute Gasteiger partial charge is 0.475 e. The average Bonchev–Trinajstić information content (AvgIpc) is 2.61. The average molecular weight is 460 g/mol. The van der Waals surface area contributed by atoms with Gasteiger partial charge in [0.1, 0.15) is 0 Å². The fraction of sp³-hybridized carbons (Fsp3) is 0.200. The van der Waals surface area contributed by atoms with Crippen LogP contribution in [0.4, 0.5) is 13.2 Å². The lowest BCUT2D eigenvalue weighted by atomic mass is 10.0. The molecule has 0 aliphatic carbocycles. The van der Waals surface area contributed by atoms with Gasteiger partial charge in [-0.1, -0.05) is 73.6 Å².